The Balaban J connectivity index is 1.62. The molecule has 0 aromatic heterocycles. The summed E-state index contributed by atoms with van der Waals surface area (Å²) in [5.74, 6) is -0.0285. The lowest BCUT2D eigenvalue weighted by Gasteiger charge is -2.39. The molecule has 0 radical (unpaired) electrons. The van der Waals surface area contributed by atoms with Crippen molar-refractivity contribution < 1.29 is 9.59 Å². The summed E-state index contributed by atoms with van der Waals surface area (Å²) in [5.41, 5.74) is 4.28. The summed E-state index contributed by atoms with van der Waals surface area (Å²) < 4.78 is 0. The van der Waals surface area contributed by atoms with Gasteiger partial charge in [0.2, 0.25) is 11.8 Å². The maximum atomic E-state index is 13.1. The van der Waals surface area contributed by atoms with Gasteiger partial charge in [0.25, 0.3) is 0 Å². The molecule has 2 aliphatic heterocycles. The van der Waals surface area contributed by atoms with Gasteiger partial charge in [-0.2, -0.15) is 0 Å². The van der Waals surface area contributed by atoms with E-state index in [0.717, 1.165) is 34.4 Å². The molecule has 0 bridgehead atoms. The van der Waals surface area contributed by atoms with E-state index in [9.17, 15) is 9.59 Å². The summed E-state index contributed by atoms with van der Waals surface area (Å²) >= 11 is 0. The molecule has 3 aromatic carbocycles. The molecule has 2 heterocycles. The molecule has 0 aliphatic carbocycles. The van der Waals surface area contributed by atoms with Crippen LogP contribution in [-0.4, -0.2) is 11.8 Å². The van der Waals surface area contributed by atoms with Gasteiger partial charge in [0.05, 0.1) is 6.42 Å². The summed E-state index contributed by atoms with van der Waals surface area (Å²) in [6.45, 7) is 0. The van der Waals surface area contributed by atoms with E-state index in [0.29, 0.717) is 12.8 Å². The highest BCUT2D eigenvalue weighted by molar-refractivity contribution is 6.00. The highest BCUT2D eigenvalue weighted by Gasteiger charge is 2.51. The van der Waals surface area contributed by atoms with Crippen molar-refractivity contribution in [2.75, 3.05) is 4.90 Å². The number of carbonyl (C=O) groups is 2. The molecule has 5 rings (SSSR count). The predicted molar refractivity (Wildman–Crippen MR) is 112 cm³/mol. The fourth-order valence-electron chi connectivity index (χ4n) is 4.72. The minimum absolute atomic E-state index is 0.0502. The van der Waals surface area contributed by atoms with Crippen molar-refractivity contribution in [3.8, 4) is 0 Å². The van der Waals surface area contributed by atoms with E-state index >= 15 is 0 Å². The smallest absolute Gasteiger partial charge is 0.229 e. The molecule has 144 valence electrons. The number of carbonyl (C=O) groups excluding carboxylic acids is 2. The largest absolute Gasteiger partial charge is 0.329 e. The first-order valence-corrected chi connectivity index (χ1v) is 10.0. The fraction of sp³-hybridized carbons (Fsp3) is 0.200. The molecule has 0 saturated carbocycles. The third kappa shape index (κ3) is 2.92. The number of hydrogen-bond donors (Lipinski definition) is 1. The Labute approximate surface area is 170 Å². The Morgan fingerprint density at radius 1 is 0.897 bits per heavy atom. The summed E-state index contributed by atoms with van der Waals surface area (Å²) in [6, 6.07) is 25.9. The Bertz CT molecular complexity index is 1090. The van der Waals surface area contributed by atoms with Crippen LogP contribution < -0.4 is 10.2 Å². The van der Waals surface area contributed by atoms with Gasteiger partial charge in [-0.1, -0.05) is 72.8 Å². The number of benzene rings is 3. The topological polar surface area (TPSA) is 49.4 Å². The number of hydrogen-bond acceptors (Lipinski definition) is 2. The molecule has 4 nitrogen and oxygen atoms in total. The van der Waals surface area contributed by atoms with Crippen LogP contribution in [0, 0.1) is 0 Å². The maximum Gasteiger partial charge on any atom is 0.229 e. The van der Waals surface area contributed by atoms with Crippen LogP contribution in [0.1, 0.15) is 35.1 Å². The minimum atomic E-state index is -0.841. The average molecular weight is 382 g/mol. The highest BCUT2D eigenvalue weighted by Crippen LogP contribution is 2.46. The number of nitrogens with one attached hydrogen (secondary N) is 1. The lowest BCUT2D eigenvalue weighted by molar-refractivity contribution is -0.122. The van der Waals surface area contributed by atoms with Gasteiger partial charge in [0.15, 0.2) is 0 Å². The Morgan fingerprint density at radius 3 is 2.41 bits per heavy atom. The number of anilines is 1. The zero-order valence-electron chi connectivity index (χ0n) is 16.1. The molecule has 1 saturated heterocycles. The van der Waals surface area contributed by atoms with Gasteiger partial charge in [-0.15, -0.1) is 0 Å². The van der Waals surface area contributed by atoms with Crippen LogP contribution in [0.15, 0.2) is 78.9 Å². The van der Waals surface area contributed by atoms with Crippen molar-refractivity contribution in [1.82, 2.24) is 5.32 Å². The van der Waals surface area contributed by atoms with Crippen LogP contribution >= 0.6 is 0 Å². The number of rotatable bonds is 3. The Kier molecular flexibility index (Phi) is 4.20. The summed E-state index contributed by atoms with van der Waals surface area (Å²) in [7, 11) is 0. The predicted octanol–water partition coefficient (Wildman–Crippen LogP) is 3.93. The van der Waals surface area contributed by atoms with E-state index in [-0.39, 0.29) is 18.2 Å². The SMILES string of the molecule is O=C(Cc1ccccc1)NC12CCC(=O)N1c1ccccc1Cc1ccccc12. The summed E-state index contributed by atoms with van der Waals surface area (Å²) in [6.07, 6.45) is 2.01. The van der Waals surface area contributed by atoms with Gasteiger partial charge in [-0.3, -0.25) is 14.5 Å². The third-order valence-electron chi connectivity index (χ3n) is 5.96. The molecule has 2 aliphatic rings. The van der Waals surface area contributed by atoms with Crippen molar-refractivity contribution in [2.45, 2.75) is 31.3 Å². The Hall–Kier alpha value is -3.40. The summed E-state index contributed by atoms with van der Waals surface area (Å²) in [4.78, 5) is 28.0. The third-order valence-corrected chi connectivity index (χ3v) is 5.96. The zero-order chi connectivity index (χ0) is 19.8. The molecule has 3 aromatic rings. The average Bonchev–Trinajstić information content (AvgIpc) is 3.00. The zero-order valence-corrected chi connectivity index (χ0v) is 16.1. The second-order valence-electron chi connectivity index (χ2n) is 7.76. The first-order chi connectivity index (χ1) is 14.2. The molecule has 0 spiro atoms. The molecular weight excluding hydrogens is 360 g/mol. The van der Waals surface area contributed by atoms with Crippen molar-refractivity contribution in [1.29, 1.82) is 0 Å². The van der Waals surface area contributed by atoms with Crippen LogP contribution in [0.25, 0.3) is 0 Å². The molecular formula is C25H22N2O2. The van der Waals surface area contributed by atoms with E-state index in [1.807, 2.05) is 65.6 Å². The van der Waals surface area contributed by atoms with Crippen LogP contribution in [0.5, 0.6) is 0 Å². The van der Waals surface area contributed by atoms with Crippen LogP contribution in [-0.2, 0) is 28.1 Å². The van der Waals surface area contributed by atoms with Crippen molar-refractivity contribution in [3.05, 3.63) is 101 Å². The van der Waals surface area contributed by atoms with Gasteiger partial charge in [-0.25, -0.2) is 0 Å². The maximum absolute atomic E-state index is 13.1. The van der Waals surface area contributed by atoms with Crippen LogP contribution in [0.2, 0.25) is 0 Å². The molecule has 29 heavy (non-hydrogen) atoms. The van der Waals surface area contributed by atoms with Crippen LogP contribution in [0.4, 0.5) is 5.69 Å². The number of para-hydroxylation sites is 1. The van der Waals surface area contributed by atoms with E-state index in [4.69, 9.17) is 0 Å². The van der Waals surface area contributed by atoms with Crippen molar-refractivity contribution >= 4 is 17.5 Å². The second-order valence-corrected chi connectivity index (χ2v) is 7.76. The highest BCUT2D eigenvalue weighted by atomic mass is 16.2. The number of fused-ring (bicyclic) bond motifs is 5. The lowest BCUT2D eigenvalue weighted by atomic mass is 9.90. The van der Waals surface area contributed by atoms with Gasteiger partial charge in [0.1, 0.15) is 5.66 Å². The number of nitrogens with zero attached hydrogens (tertiary/aromatic N) is 1. The molecule has 1 unspecified atom stereocenters. The monoisotopic (exact) mass is 382 g/mol. The van der Waals surface area contributed by atoms with E-state index < -0.39 is 5.66 Å². The lowest BCUT2D eigenvalue weighted by Crippen LogP contribution is -2.56. The number of amides is 2. The van der Waals surface area contributed by atoms with Crippen LogP contribution in [0.3, 0.4) is 0 Å². The van der Waals surface area contributed by atoms with Gasteiger partial charge in [0, 0.05) is 24.1 Å². The summed E-state index contributed by atoms with van der Waals surface area (Å²) in [5, 5.41) is 3.28. The fourth-order valence-corrected chi connectivity index (χ4v) is 4.72. The molecule has 4 heteroatoms. The van der Waals surface area contributed by atoms with E-state index in [2.05, 4.69) is 23.5 Å². The second kappa shape index (κ2) is 6.89. The standard InChI is InChI=1S/C25H22N2O2/c28-23(16-18-8-2-1-3-9-18)26-25-15-14-24(29)27(25)22-13-7-5-11-20(22)17-19-10-4-6-12-21(19)25/h1-13H,14-17H2,(H,26,28). The van der Waals surface area contributed by atoms with E-state index in [1.165, 1.54) is 0 Å². The van der Waals surface area contributed by atoms with Crippen molar-refractivity contribution in [3.63, 3.8) is 0 Å². The molecule has 1 atom stereocenters. The van der Waals surface area contributed by atoms with Crippen molar-refractivity contribution in [2.24, 2.45) is 0 Å². The molecule has 2 amide bonds. The van der Waals surface area contributed by atoms with Gasteiger partial charge < -0.3 is 5.32 Å². The van der Waals surface area contributed by atoms with Gasteiger partial charge in [-0.05, 0) is 29.2 Å². The first kappa shape index (κ1) is 17.7. The first-order valence-electron chi connectivity index (χ1n) is 10.0. The van der Waals surface area contributed by atoms with E-state index in [1.54, 1.807) is 0 Å². The quantitative estimate of drug-likeness (QED) is 0.746. The molecule has 1 fully saturated rings. The Morgan fingerprint density at radius 2 is 1.59 bits per heavy atom. The van der Waals surface area contributed by atoms with Gasteiger partial charge >= 0.3 is 0 Å². The normalized spacial score (nSPS) is 19.7. The minimum Gasteiger partial charge on any atom is -0.329 e. The molecule has 1 N–H and O–H groups in total.